The minimum Gasteiger partial charge on any atom is -0.497 e. The Morgan fingerprint density at radius 3 is 2.30 bits per heavy atom. The van der Waals surface area contributed by atoms with Crippen molar-refractivity contribution in [3.63, 3.8) is 0 Å². The number of hydrogen-bond donors (Lipinski definition) is 0. The van der Waals surface area contributed by atoms with Gasteiger partial charge in [0.1, 0.15) is 24.0 Å². The van der Waals surface area contributed by atoms with Gasteiger partial charge in [-0.2, -0.15) is 0 Å². The van der Waals surface area contributed by atoms with Gasteiger partial charge in [-0.3, -0.25) is 0 Å². The molecule has 0 saturated heterocycles. The number of benzene rings is 2. The van der Waals surface area contributed by atoms with Crippen LogP contribution in [0.25, 0.3) is 0 Å². The van der Waals surface area contributed by atoms with Gasteiger partial charge in [-0.25, -0.2) is 0 Å². The minimum atomic E-state index is 0.295. The first kappa shape index (κ1) is 17.8. The molecule has 0 aliphatic heterocycles. The van der Waals surface area contributed by atoms with Crippen molar-refractivity contribution in [2.24, 2.45) is 0 Å². The van der Waals surface area contributed by atoms with E-state index in [4.69, 9.17) is 18.9 Å². The first-order valence-corrected chi connectivity index (χ1v) is 8.28. The van der Waals surface area contributed by atoms with Crippen LogP contribution in [0.3, 0.4) is 0 Å². The van der Waals surface area contributed by atoms with Crippen LogP contribution in [0.4, 0.5) is 0 Å². The fraction of sp³-hybridized carbons (Fsp3) is 0.333. The second kappa shape index (κ2) is 9.55. The average Bonchev–Trinajstić information content (AvgIpc) is 2.58. The lowest BCUT2D eigenvalue weighted by Gasteiger charge is -2.11. The Bertz CT molecular complexity index is 598. The van der Waals surface area contributed by atoms with Crippen LogP contribution >= 0.6 is 15.9 Å². The van der Waals surface area contributed by atoms with E-state index in [9.17, 15) is 0 Å². The van der Waals surface area contributed by atoms with Crippen molar-refractivity contribution >= 4 is 15.9 Å². The number of hydrogen-bond acceptors (Lipinski definition) is 4. The van der Waals surface area contributed by atoms with Gasteiger partial charge in [0.2, 0.25) is 0 Å². The van der Waals surface area contributed by atoms with Crippen LogP contribution in [0.15, 0.2) is 46.9 Å². The third-order valence-electron chi connectivity index (χ3n) is 3.09. The summed E-state index contributed by atoms with van der Waals surface area (Å²) in [6.45, 7) is 3.53. The van der Waals surface area contributed by atoms with E-state index < -0.39 is 0 Å². The van der Waals surface area contributed by atoms with Gasteiger partial charge in [0.25, 0.3) is 0 Å². The second-order valence-electron chi connectivity index (χ2n) is 4.91. The molecule has 23 heavy (non-hydrogen) atoms. The zero-order valence-corrected chi connectivity index (χ0v) is 15.0. The summed E-state index contributed by atoms with van der Waals surface area (Å²) in [7, 11) is 1.64. The van der Waals surface area contributed by atoms with Crippen molar-refractivity contribution in [3.8, 4) is 17.2 Å². The van der Waals surface area contributed by atoms with Crippen molar-refractivity contribution in [3.05, 3.63) is 52.5 Å². The van der Waals surface area contributed by atoms with Crippen molar-refractivity contribution in [1.82, 2.24) is 0 Å². The van der Waals surface area contributed by atoms with Gasteiger partial charge in [-0.05, 0) is 54.4 Å². The smallest absolute Gasteiger partial charge is 0.147 e. The summed E-state index contributed by atoms with van der Waals surface area (Å²) in [6.07, 6.45) is 0.984. The molecule has 0 spiro atoms. The largest absolute Gasteiger partial charge is 0.497 e. The van der Waals surface area contributed by atoms with Crippen LogP contribution in [-0.4, -0.2) is 20.5 Å². The first-order chi connectivity index (χ1) is 11.2. The maximum atomic E-state index is 5.86. The molecule has 0 bridgehead atoms. The van der Waals surface area contributed by atoms with E-state index >= 15 is 0 Å². The predicted molar refractivity (Wildman–Crippen MR) is 93.1 cm³/mol. The van der Waals surface area contributed by atoms with Crippen LogP contribution in [0.5, 0.6) is 17.2 Å². The summed E-state index contributed by atoms with van der Waals surface area (Å²) in [5.74, 6) is 2.31. The molecular weight excluding hydrogens is 360 g/mol. The van der Waals surface area contributed by atoms with Crippen molar-refractivity contribution in [2.45, 2.75) is 20.0 Å². The number of ether oxygens (including phenoxy) is 4. The maximum absolute atomic E-state index is 5.86. The molecule has 0 atom stereocenters. The number of methoxy groups -OCH3 is 1. The van der Waals surface area contributed by atoms with Gasteiger partial charge in [-0.1, -0.05) is 22.9 Å². The number of halogens is 1. The van der Waals surface area contributed by atoms with Crippen molar-refractivity contribution < 1.29 is 18.9 Å². The van der Waals surface area contributed by atoms with E-state index in [0.717, 1.165) is 33.7 Å². The van der Waals surface area contributed by atoms with Gasteiger partial charge in [0.05, 0.1) is 13.7 Å². The number of rotatable bonds is 9. The minimum absolute atomic E-state index is 0.295. The van der Waals surface area contributed by atoms with E-state index in [0.29, 0.717) is 20.0 Å². The fourth-order valence-electron chi connectivity index (χ4n) is 1.92. The molecule has 0 amide bonds. The molecule has 0 fully saturated rings. The monoisotopic (exact) mass is 380 g/mol. The van der Waals surface area contributed by atoms with Crippen LogP contribution in [0.2, 0.25) is 0 Å². The first-order valence-electron chi connectivity index (χ1n) is 7.48. The highest BCUT2D eigenvalue weighted by molar-refractivity contribution is 9.10. The zero-order valence-electron chi connectivity index (χ0n) is 13.4. The zero-order chi connectivity index (χ0) is 16.5. The Hall–Kier alpha value is -1.56. The molecule has 0 saturated carbocycles. The third-order valence-corrected chi connectivity index (χ3v) is 3.86. The predicted octanol–water partition coefficient (Wildman–Crippen LogP) is 5.15. The molecule has 0 aliphatic carbocycles. The highest BCUT2D eigenvalue weighted by Gasteiger charge is 2.05. The Morgan fingerprint density at radius 2 is 1.61 bits per heavy atom. The van der Waals surface area contributed by atoms with E-state index in [1.807, 2.05) is 42.5 Å². The standard InChI is InChI=1S/C18H21BrO4/c1-3-10-21-13-22-12-14-11-17(8-9-18(14)19)23-16-6-4-15(20-2)5-7-16/h4-9,11H,3,10,12-13H2,1-2H3. The van der Waals surface area contributed by atoms with Gasteiger partial charge < -0.3 is 18.9 Å². The highest BCUT2D eigenvalue weighted by Crippen LogP contribution is 2.28. The topological polar surface area (TPSA) is 36.9 Å². The summed E-state index contributed by atoms with van der Waals surface area (Å²) in [5.41, 5.74) is 1.01. The van der Waals surface area contributed by atoms with Gasteiger partial charge in [-0.15, -0.1) is 0 Å². The molecule has 2 aromatic carbocycles. The van der Waals surface area contributed by atoms with Crippen molar-refractivity contribution in [2.75, 3.05) is 20.5 Å². The highest BCUT2D eigenvalue weighted by atomic mass is 79.9. The lowest BCUT2D eigenvalue weighted by Crippen LogP contribution is -2.01. The summed E-state index contributed by atoms with van der Waals surface area (Å²) in [5, 5.41) is 0. The van der Waals surface area contributed by atoms with E-state index in [2.05, 4.69) is 22.9 Å². The molecule has 0 heterocycles. The Kier molecular flexibility index (Phi) is 7.39. The Labute approximate surface area is 145 Å². The van der Waals surface area contributed by atoms with E-state index in [1.54, 1.807) is 7.11 Å². The SMILES string of the molecule is CCCOCOCc1cc(Oc2ccc(OC)cc2)ccc1Br. The Balaban J connectivity index is 1.95. The molecule has 4 nitrogen and oxygen atoms in total. The molecule has 0 aliphatic rings. The van der Waals surface area contributed by atoms with Gasteiger partial charge in [0.15, 0.2) is 0 Å². The molecule has 124 valence electrons. The summed E-state index contributed by atoms with van der Waals surface area (Å²) in [6, 6.07) is 13.3. The molecule has 2 aromatic rings. The fourth-order valence-corrected chi connectivity index (χ4v) is 2.28. The molecule has 0 radical (unpaired) electrons. The molecule has 2 rings (SSSR count). The Morgan fingerprint density at radius 1 is 0.913 bits per heavy atom. The van der Waals surface area contributed by atoms with Crippen molar-refractivity contribution in [1.29, 1.82) is 0 Å². The summed E-state index contributed by atoms with van der Waals surface area (Å²) >= 11 is 3.52. The van der Waals surface area contributed by atoms with Crippen LogP contribution in [0, 0.1) is 0 Å². The lowest BCUT2D eigenvalue weighted by atomic mass is 10.2. The van der Waals surface area contributed by atoms with E-state index in [-0.39, 0.29) is 0 Å². The molecular formula is C18H21BrO4. The normalized spacial score (nSPS) is 10.6. The summed E-state index contributed by atoms with van der Waals surface area (Å²) < 4.78 is 22.8. The van der Waals surface area contributed by atoms with Gasteiger partial charge in [0, 0.05) is 11.1 Å². The van der Waals surface area contributed by atoms with Crippen LogP contribution in [-0.2, 0) is 16.1 Å². The average molecular weight is 381 g/mol. The molecule has 0 N–H and O–H groups in total. The second-order valence-corrected chi connectivity index (χ2v) is 5.76. The summed E-state index contributed by atoms with van der Waals surface area (Å²) in [4.78, 5) is 0. The molecule has 0 unspecified atom stereocenters. The third kappa shape index (κ3) is 5.86. The van der Waals surface area contributed by atoms with Crippen LogP contribution < -0.4 is 9.47 Å². The lowest BCUT2D eigenvalue weighted by molar-refractivity contribution is -0.0613. The molecule has 5 heteroatoms. The quantitative estimate of drug-likeness (QED) is 0.445. The molecule has 0 aromatic heterocycles. The van der Waals surface area contributed by atoms with Gasteiger partial charge >= 0.3 is 0 Å². The van der Waals surface area contributed by atoms with Crippen LogP contribution in [0.1, 0.15) is 18.9 Å². The van der Waals surface area contributed by atoms with E-state index in [1.165, 1.54) is 0 Å². The maximum Gasteiger partial charge on any atom is 0.147 e.